The maximum atomic E-state index is 6.14. The van der Waals surface area contributed by atoms with Crippen LogP contribution in [0.15, 0.2) is 54.6 Å². The Labute approximate surface area is 121 Å². The summed E-state index contributed by atoms with van der Waals surface area (Å²) < 4.78 is 0. The molecule has 0 saturated carbocycles. The van der Waals surface area contributed by atoms with E-state index in [2.05, 4.69) is 69.3 Å². The summed E-state index contributed by atoms with van der Waals surface area (Å²) in [5.74, 6) is 0. The summed E-state index contributed by atoms with van der Waals surface area (Å²) in [5.41, 5.74) is 3.99. The van der Waals surface area contributed by atoms with Crippen LogP contribution < -0.4 is 0 Å². The third kappa shape index (κ3) is 3.61. The van der Waals surface area contributed by atoms with E-state index in [0.717, 1.165) is 6.42 Å². The van der Waals surface area contributed by atoms with E-state index in [0.29, 0.717) is 0 Å². The van der Waals surface area contributed by atoms with Crippen molar-refractivity contribution in [1.82, 2.24) is 0 Å². The molecular formula is C18H21Cl. The highest BCUT2D eigenvalue weighted by Crippen LogP contribution is 2.31. The normalized spacial score (nSPS) is 13.3. The van der Waals surface area contributed by atoms with Gasteiger partial charge in [-0.05, 0) is 35.4 Å². The zero-order chi connectivity index (χ0) is 13.9. The Hall–Kier alpha value is -1.27. The Morgan fingerprint density at radius 1 is 0.895 bits per heavy atom. The third-order valence-electron chi connectivity index (χ3n) is 3.57. The predicted molar refractivity (Wildman–Crippen MR) is 84.8 cm³/mol. The summed E-state index contributed by atoms with van der Waals surface area (Å²) in [6.07, 6.45) is 0.985. The fourth-order valence-corrected chi connectivity index (χ4v) is 2.95. The summed E-state index contributed by atoms with van der Waals surface area (Å²) in [7, 11) is 0. The van der Waals surface area contributed by atoms with Crippen molar-refractivity contribution in [3.8, 4) is 11.1 Å². The van der Waals surface area contributed by atoms with E-state index in [-0.39, 0.29) is 10.8 Å². The quantitative estimate of drug-likeness (QED) is 0.631. The molecule has 1 heteroatoms. The van der Waals surface area contributed by atoms with Crippen LogP contribution >= 0.6 is 11.6 Å². The van der Waals surface area contributed by atoms with Crippen LogP contribution in [-0.2, 0) is 5.41 Å². The average Bonchev–Trinajstić information content (AvgIpc) is 2.38. The minimum atomic E-state index is 0.121. The molecule has 100 valence electrons. The van der Waals surface area contributed by atoms with Gasteiger partial charge in [0, 0.05) is 5.38 Å². The molecule has 0 N–H and O–H groups in total. The van der Waals surface area contributed by atoms with E-state index in [1.165, 1.54) is 16.7 Å². The van der Waals surface area contributed by atoms with E-state index in [4.69, 9.17) is 11.6 Å². The number of halogens is 1. The Morgan fingerprint density at radius 2 is 1.42 bits per heavy atom. The number of hydrogen-bond acceptors (Lipinski definition) is 0. The first-order valence-corrected chi connectivity index (χ1v) is 7.23. The molecule has 0 aliphatic rings. The lowest BCUT2D eigenvalue weighted by Crippen LogP contribution is -2.20. The van der Waals surface area contributed by atoms with Gasteiger partial charge in [-0.2, -0.15) is 0 Å². The highest BCUT2D eigenvalue weighted by atomic mass is 35.5. The van der Waals surface area contributed by atoms with Gasteiger partial charge < -0.3 is 0 Å². The van der Waals surface area contributed by atoms with Gasteiger partial charge in [-0.25, -0.2) is 0 Å². The van der Waals surface area contributed by atoms with E-state index < -0.39 is 0 Å². The number of benzene rings is 2. The smallest absolute Gasteiger partial charge is 0.0316 e. The lowest BCUT2D eigenvalue weighted by molar-refractivity contribution is 0.477. The first kappa shape index (κ1) is 14.1. The maximum Gasteiger partial charge on any atom is 0.0316 e. The Kier molecular flexibility index (Phi) is 4.31. The molecule has 1 unspecified atom stereocenters. The Balaban J connectivity index is 2.24. The van der Waals surface area contributed by atoms with Crippen molar-refractivity contribution in [3.05, 3.63) is 60.2 Å². The highest BCUT2D eigenvalue weighted by Gasteiger charge is 2.22. The zero-order valence-corrected chi connectivity index (χ0v) is 12.6. The third-order valence-corrected chi connectivity index (χ3v) is 3.72. The average molecular weight is 273 g/mol. The molecule has 2 rings (SSSR count). The summed E-state index contributed by atoms with van der Waals surface area (Å²) >= 11 is 6.14. The Bertz CT molecular complexity index is 509. The van der Waals surface area contributed by atoms with Crippen LogP contribution in [0.3, 0.4) is 0 Å². The molecule has 0 saturated heterocycles. The van der Waals surface area contributed by atoms with Crippen molar-refractivity contribution < 1.29 is 0 Å². The molecule has 0 heterocycles. The second kappa shape index (κ2) is 5.79. The minimum absolute atomic E-state index is 0.121. The van der Waals surface area contributed by atoms with Crippen molar-refractivity contribution in [2.45, 2.75) is 38.0 Å². The number of hydrogen-bond donors (Lipinski definition) is 0. The molecule has 19 heavy (non-hydrogen) atoms. The highest BCUT2D eigenvalue weighted by molar-refractivity contribution is 6.20. The molecule has 0 amide bonds. The first-order valence-electron chi connectivity index (χ1n) is 6.79. The standard InChI is InChI=1S/C18H21Cl/c1-14(19)13-18(2,3)17-11-9-16(10-12-17)15-7-5-4-6-8-15/h4-12,14H,13H2,1-3H3. The predicted octanol–water partition coefficient (Wildman–Crippen LogP) is 5.65. The number of rotatable bonds is 4. The Morgan fingerprint density at radius 3 is 1.95 bits per heavy atom. The molecule has 0 spiro atoms. The van der Waals surface area contributed by atoms with Gasteiger partial charge in [-0.15, -0.1) is 11.6 Å². The van der Waals surface area contributed by atoms with Gasteiger partial charge >= 0.3 is 0 Å². The van der Waals surface area contributed by atoms with E-state index in [1.807, 2.05) is 6.07 Å². The van der Waals surface area contributed by atoms with Crippen LogP contribution in [0.4, 0.5) is 0 Å². The van der Waals surface area contributed by atoms with E-state index in [9.17, 15) is 0 Å². The van der Waals surface area contributed by atoms with Gasteiger partial charge in [0.15, 0.2) is 0 Å². The molecule has 2 aromatic carbocycles. The van der Waals surface area contributed by atoms with Crippen molar-refractivity contribution in [3.63, 3.8) is 0 Å². The zero-order valence-electron chi connectivity index (χ0n) is 11.9. The topological polar surface area (TPSA) is 0 Å². The lowest BCUT2D eigenvalue weighted by atomic mass is 9.80. The molecule has 2 aromatic rings. The molecule has 0 aliphatic carbocycles. The molecular weight excluding hydrogens is 252 g/mol. The maximum absolute atomic E-state index is 6.14. The van der Waals surface area contributed by atoms with Gasteiger partial charge in [0.2, 0.25) is 0 Å². The molecule has 0 aliphatic heterocycles. The fraction of sp³-hybridized carbons (Fsp3) is 0.333. The van der Waals surface area contributed by atoms with Gasteiger partial charge in [-0.3, -0.25) is 0 Å². The first-order chi connectivity index (χ1) is 8.99. The van der Waals surface area contributed by atoms with Crippen LogP contribution in [0.25, 0.3) is 11.1 Å². The summed E-state index contributed by atoms with van der Waals surface area (Å²) in [5, 5.41) is 0.198. The molecule has 0 aromatic heterocycles. The summed E-state index contributed by atoms with van der Waals surface area (Å²) in [6, 6.07) is 19.3. The van der Waals surface area contributed by atoms with Crippen LogP contribution in [-0.4, -0.2) is 5.38 Å². The van der Waals surface area contributed by atoms with Gasteiger partial charge in [-0.1, -0.05) is 68.4 Å². The molecule has 0 bridgehead atoms. The van der Waals surface area contributed by atoms with Crippen LogP contribution in [0.1, 0.15) is 32.8 Å². The second-order valence-corrected chi connectivity index (χ2v) is 6.56. The van der Waals surface area contributed by atoms with Gasteiger partial charge in [0.1, 0.15) is 0 Å². The lowest BCUT2D eigenvalue weighted by Gasteiger charge is -2.26. The summed E-state index contributed by atoms with van der Waals surface area (Å²) in [6.45, 7) is 6.56. The molecule has 0 radical (unpaired) electrons. The van der Waals surface area contributed by atoms with Crippen molar-refractivity contribution in [2.24, 2.45) is 0 Å². The van der Waals surface area contributed by atoms with E-state index in [1.54, 1.807) is 0 Å². The van der Waals surface area contributed by atoms with Crippen molar-refractivity contribution in [1.29, 1.82) is 0 Å². The second-order valence-electron chi connectivity index (χ2n) is 5.81. The largest absolute Gasteiger partial charge is 0.123 e. The van der Waals surface area contributed by atoms with Crippen molar-refractivity contribution >= 4 is 11.6 Å². The van der Waals surface area contributed by atoms with Crippen LogP contribution in [0.2, 0.25) is 0 Å². The SMILES string of the molecule is CC(Cl)CC(C)(C)c1ccc(-c2ccccc2)cc1. The van der Waals surface area contributed by atoms with Gasteiger partial charge in [0.05, 0.1) is 0 Å². The molecule has 0 nitrogen and oxygen atoms in total. The van der Waals surface area contributed by atoms with Gasteiger partial charge in [0.25, 0.3) is 0 Å². The van der Waals surface area contributed by atoms with Crippen LogP contribution in [0, 0.1) is 0 Å². The van der Waals surface area contributed by atoms with E-state index >= 15 is 0 Å². The summed E-state index contributed by atoms with van der Waals surface area (Å²) in [4.78, 5) is 0. The monoisotopic (exact) mass is 272 g/mol. The molecule has 1 atom stereocenters. The minimum Gasteiger partial charge on any atom is -0.123 e. The van der Waals surface area contributed by atoms with Crippen LogP contribution in [0.5, 0.6) is 0 Å². The fourth-order valence-electron chi connectivity index (χ4n) is 2.57. The number of alkyl halides is 1. The molecule has 0 fully saturated rings. The van der Waals surface area contributed by atoms with Crippen molar-refractivity contribution in [2.75, 3.05) is 0 Å².